The van der Waals surface area contributed by atoms with Gasteiger partial charge in [-0.3, -0.25) is 0 Å². The number of hydrogen-bond donors (Lipinski definition) is 0. The average molecular weight is 596 g/mol. The fourth-order valence-corrected chi connectivity index (χ4v) is 5.60. The van der Waals surface area contributed by atoms with E-state index in [9.17, 15) is 30.7 Å². The first-order valence-corrected chi connectivity index (χ1v) is 11.9. The molecule has 0 heterocycles. The molecule has 0 aliphatic heterocycles. The Labute approximate surface area is 227 Å². The van der Waals surface area contributed by atoms with Gasteiger partial charge >= 0.3 is 0 Å². The van der Waals surface area contributed by atoms with Crippen molar-refractivity contribution in [2.45, 2.75) is 6.42 Å². The first-order valence-electron chi connectivity index (χ1n) is 11.9. The van der Waals surface area contributed by atoms with Gasteiger partial charge in [0.1, 0.15) is 11.6 Å². The van der Waals surface area contributed by atoms with Crippen LogP contribution < -0.4 is 16.4 Å². The zero-order chi connectivity index (χ0) is 30.4. The molecular weight excluding hydrogens is 587 g/mol. The average Bonchev–Trinajstić information content (AvgIpc) is 3.36. The van der Waals surface area contributed by atoms with Gasteiger partial charge in [0.15, 0.2) is 58.2 Å². The third-order valence-electron chi connectivity index (χ3n) is 7.37. The van der Waals surface area contributed by atoms with Gasteiger partial charge in [-0.15, -0.1) is 0 Å². The van der Waals surface area contributed by atoms with E-state index < -0.39 is 127 Å². The molecule has 6 rings (SSSR count). The monoisotopic (exact) mass is 596 g/mol. The summed E-state index contributed by atoms with van der Waals surface area (Å²) in [6, 6.07) is 5.54. The van der Waals surface area contributed by atoms with E-state index in [4.69, 9.17) is 0 Å². The molecule has 1 aliphatic rings. The van der Waals surface area contributed by atoms with Gasteiger partial charge in [-0.2, -0.15) is 0 Å². The normalized spacial score (nSPS) is 12.2. The molecule has 42 heavy (non-hydrogen) atoms. The Morgan fingerprint density at radius 2 is 1.02 bits per heavy atom. The van der Waals surface area contributed by atoms with Crippen LogP contribution in [0.15, 0.2) is 42.5 Å². The van der Waals surface area contributed by atoms with Crippen LogP contribution in [0.25, 0.3) is 21.9 Å². The van der Waals surface area contributed by atoms with E-state index in [0.717, 1.165) is 6.07 Å². The molecule has 0 nitrogen and oxygen atoms in total. The van der Waals surface area contributed by atoms with E-state index in [-0.39, 0.29) is 5.56 Å². The minimum Gasteiger partial charge on any atom is -0.206 e. The SMILES string of the molecule is Fc1cccc2c1-c1c(F)c(F)c(F)c(B(c3c(F)c(F)c(F)c(F)c3F)c3ccc(F)c4c(F)c(F)ccc34)c1C2. The van der Waals surface area contributed by atoms with Gasteiger partial charge in [0, 0.05) is 16.6 Å². The molecule has 5 aromatic carbocycles. The van der Waals surface area contributed by atoms with E-state index in [2.05, 4.69) is 0 Å². The maximum Gasteiger partial charge on any atom is 0.254 e. The molecular formula is C29H9BF12. The topological polar surface area (TPSA) is 0 Å². The van der Waals surface area contributed by atoms with E-state index in [1.165, 1.54) is 12.1 Å². The van der Waals surface area contributed by atoms with Gasteiger partial charge in [0.2, 0.25) is 0 Å². The molecule has 1 aliphatic carbocycles. The van der Waals surface area contributed by atoms with Gasteiger partial charge < -0.3 is 0 Å². The number of fused-ring (bicyclic) bond motifs is 4. The summed E-state index contributed by atoms with van der Waals surface area (Å²) in [4.78, 5) is 0. The summed E-state index contributed by atoms with van der Waals surface area (Å²) in [5.74, 6) is -24.9. The minimum atomic E-state index is -2.61. The van der Waals surface area contributed by atoms with Crippen molar-refractivity contribution in [1.29, 1.82) is 0 Å². The number of rotatable bonds is 3. The molecule has 0 aromatic heterocycles. The van der Waals surface area contributed by atoms with Gasteiger partial charge in [-0.1, -0.05) is 29.7 Å². The highest BCUT2D eigenvalue weighted by Gasteiger charge is 2.43. The molecule has 0 bridgehead atoms. The molecule has 0 saturated heterocycles. The Balaban J connectivity index is 1.83. The number of benzene rings is 5. The second-order valence-corrected chi connectivity index (χ2v) is 9.50. The summed E-state index contributed by atoms with van der Waals surface area (Å²) in [7, 11) is 0. The van der Waals surface area contributed by atoms with Crippen molar-refractivity contribution >= 4 is 33.9 Å². The van der Waals surface area contributed by atoms with E-state index in [0.29, 0.717) is 24.3 Å². The molecule has 0 amide bonds. The molecule has 0 atom stereocenters. The molecule has 5 aromatic rings. The lowest BCUT2D eigenvalue weighted by molar-refractivity contribution is 0.384. The fourth-order valence-electron chi connectivity index (χ4n) is 5.60. The predicted molar refractivity (Wildman–Crippen MR) is 129 cm³/mol. The third kappa shape index (κ3) is 3.68. The van der Waals surface area contributed by atoms with Gasteiger partial charge in [0.25, 0.3) is 6.71 Å². The quantitative estimate of drug-likeness (QED) is 0.0936. The Morgan fingerprint density at radius 3 is 1.69 bits per heavy atom. The first-order chi connectivity index (χ1) is 19.9. The summed E-state index contributed by atoms with van der Waals surface area (Å²) >= 11 is 0. The lowest BCUT2D eigenvalue weighted by Gasteiger charge is -2.23. The van der Waals surface area contributed by atoms with Crippen LogP contribution in [0, 0.1) is 69.8 Å². The van der Waals surface area contributed by atoms with E-state index in [1.54, 1.807) is 0 Å². The second-order valence-electron chi connectivity index (χ2n) is 9.50. The Morgan fingerprint density at radius 1 is 0.452 bits per heavy atom. The van der Waals surface area contributed by atoms with E-state index >= 15 is 22.0 Å². The summed E-state index contributed by atoms with van der Waals surface area (Å²) in [5, 5.41) is -1.86. The van der Waals surface area contributed by atoms with Crippen LogP contribution in [-0.4, -0.2) is 6.71 Å². The van der Waals surface area contributed by atoms with Crippen LogP contribution in [0.2, 0.25) is 0 Å². The highest BCUT2D eigenvalue weighted by Crippen LogP contribution is 2.41. The summed E-state index contributed by atoms with van der Waals surface area (Å²) in [5.41, 5.74) is -5.83. The highest BCUT2D eigenvalue weighted by atomic mass is 19.2. The van der Waals surface area contributed by atoms with E-state index in [1.807, 2.05) is 0 Å². The van der Waals surface area contributed by atoms with Gasteiger partial charge in [0.05, 0.1) is 5.39 Å². The van der Waals surface area contributed by atoms with Crippen molar-refractivity contribution in [3.63, 3.8) is 0 Å². The largest absolute Gasteiger partial charge is 0.254 e. The van der Waals surface area contributed by atoms with Crippen molar-refractivity contribution in [2.24, 2.45) is 0 Å². The zero-order valence-electron chi connectivity index (χ0n) is 20.4. The van der Waals surface area contributed by atoms with Crippen LogP contribution in [0.4, 0.5) is 52.7 Å². The number of halogens is 12. The standard InChI is InChI=1S/C29H9BF12/c31-13-3-1-2-9-8-11-18(16(9)13)22(35)26(39)23(36)19(11)30(20-24(37)27(40)29(42)28(41)25(20)38)12-5-7-14(32)17-10(12)4-6-15(33)21(17)34/h1-7H,8H2. The Kier molecular flexibility index (Phi) is 6.32. The molecule has 212 valence electrons. The smallest absolute Gasteiger partial charge is 0.206 e. The molecule has 0 spiro atoms. The van der Waals surface area contributed by atoms with Crippen molar-refractivity contribution in [3.05, 3.63) is 123 Å². The second kappa shape index (κ2) is 9.57. The van der Waals surface area contributed by atoms with Crippen LogP contribution in [0.3, 0.4) is 0 Å². The van der Waals surface area contributed by atoms with Crippen molar-refractivity contribution in [1.82, 2.24) is 0 Å². The Hall–Kier alpha value is -4.42. The summed E-state index contributed by atoms with van der Waals surface area (Å²) < 4.78 is 178. The number of hydrogen-bond acceptors (Lipinski definition) is 0. The molecule has 0 fully saturated rings. The predicted octanol–water partition coefficient (Wildman–Crippen LogP) is 6.60. The third-order valence-corrected chi connectivity index (χ3v) is 7.37. The fraction of sp³-hybridized carbons (Fsp3) is 0.0345. The van der Waals surface area contributed by atoms with Gasteiger partial charge in [-0.25, -0.2) is 52.7 Å². The van der Waals surface area contributed by atoms with Crippen LogP contribution >= 0.6 is 0 Å². The highest BCUT2D eigenvalue weighted by molar-refractivity contribution is 6.97. The Bertz CT molecular complexity index is 1970. The molecule has 0 radical (unpaired) electrons. The summed E-state index contributed by atoms with van der Waals surface area (Å²) in [6.07, 6.45) is -0.597. The van der Waals surface area contributed by atoms with Crippen molar-refractivity contribution < 1.29 is 52.7 Å². The van der Waals surface area contributed by atoms with Crippen molar-refractivity contribution in [2.75, 3.05) is 0 Å². The molecule has 0 unspecified atom stereocenters. The maximum absolute atomic E-state index is 15.8. The molecule has 0 saturated carbocycles. The zero-order valence-corrected chi connectivity index (χ0v) is 20.4. The van der Waals surface area contributed by atoms with Gasteiger partial charge in [-0.05, 0) is 46.6 Å². The molecule has 0 N–H and O–H groups in total. The lowest BCUT2D eigenvalue weighted by atomic mass is 9.35. The van der Waals surface area contributed by atoms with Crippen LogP contribution in [-0.2, 0) is 6.42 Å². The maximum atomic E-state index is 15.8. The minimum absolute atomic E-state index is 0.0385. The summed E-state index contributed by atoms with van der Waals surface area (Å²) in [6.45, 7) is -2.61. The molecule has 13 heteroatoms. The van der Waals surface area contributed by atoms with Crippen LogP contribution in [0.5, 0.6) is 0 Å². The first kappa shape index (κ1) is 27.7. The van der Waals surface area contributed by atoms with Crippen molar-refractivity contribution in [3.8, 4) is 11.1 Å². The lowest BCUT2D eigenvalue weighted by Crippen LogP contribution is -2.58. The van der Waals surface area contributed by atoms with Crippen LogP contribution in [0.1, 0.15) is 11.1 Å².